The normalized spacial score (nSPS) is 18.1. The number of rotatable bonds is 8. The summed E-state index contributed by atoms with van der Waals surface area (Å²) in [6, 6.07) is 12.2. The number of carbonyl (C=O) groups is 1. The first-order valence-corrected chi connectivity index (χ1v) is 12.3. The second-order valence-electron chi connectivity index (χ2n) is 8.10. The third kappa shape index (κ3) is 5.24. The zero-order chi connectivity index (χ0) is 23.3. The number of piperidine rings is 1. The average molecular weight is 461 g/mol. The van der Waals surface area contributed by atoms with E-state index in [1.807, 2.05) is 32.0 Å². The lowest BCUT2D eigenvalue weighted by Gasteiger charge is -2.32. The van der Waals surface area contributed by atoms with Crippen molar-refractivity contribution in [1.29, 1.82) is 0 Å². The molecule has 0 unspecified atom stereocenters. The summed E-state index contributed by atoms with van der Waals surface area (Å²) in [5.74, 6) is 0.709. The van der Waals surface area contributed by atoms with Crippen LogP contribution in [0.3, 0.4) is 0 Å². The van der Waals surface area contributed by atoms with Crippen LogP contribution in [0.4, 0.5) is 0 Å². The van der Waals surface area contributed by atoms with Crippen LogP contribution < -0.4 is 14.8 Å². The maximum absolute atomic E-state index is 13.1. The fraction of sp³-hybridized carbons (Fsp3) is 0.458. The molecule has 2 aromatic carbocycles. The summed E-state index contributed by atoms with van der Waals surface area (Å²) in [6.45, 7) is 4.52. The number of carbonyl (C=O) groups excluding carboxylic acids is 1. The van der Waals surface area contributed by atoms with Crippen molar-refractivity contribution in [2.45, 2.75) is 44.0 Å². The molecule has 1 aliphatic rings. The maximum atomic E-state index is 13.1. The molecule has 1 N–H and O–H groups in total. The van der Waals surface area contributed by atoms with Crippen LogP contribution in [0.2, 0.25) is 0 Å². The smallest absolute Gasteiger partial charge is 0.243 e. The molecule has 1 heterocycles. The summed E-state index contributed by atoms with van der Waals surface area (Å²) in [5, 5.41) is 3.10. The Hall–Kier alpha value is -2.58. The van der Waals surface area contributed by atoms with Crippen molar-refractivity contribution in [1.82, 2.24) is 9.62 Å². The van der Waals surface area contributed by atoms with Crippen LogP contribution >= 0.6 is 0 Å². The van der Waals surface area contributed by atoms with Gasteiger partial charge in [0.05, 0.1) is 31.1 Å². The second kappa shape index (κ2) is 10.4. The van der Waals surface area contributed by atoms with Gasteiger partial charge < -0.3 is 14.8 Å². The minimum atomic E-state index is -3.63. The number of nitrogens with zero attached hydrogens (tertiary/aromatic N) is 1. The number of hydrogen-bond donors (Lipinski definition) is 1. The van der Waals surface area contributed by atoms with E-state index in [0.717, 1.165) is 11.1 Å². The molecule has 7 nitrogen and oxygen atoms in total. The number of hydrogen-bond acceptors (Lipinski definition) is 5. The molecule has 0 radical (unpaired) electrons. The first-order valence-electron chi connectivity index (χ1n) is 10.9. The molecule has 0 saturated carbocycles. The van der Waals surface area contributed by atoms with Gasteiger partial charge in [-0.25, -0.2) is 8.42 Å². The highest BCUT2D eigenvalue weighted by atomic mass is 32.2. The van der Waals surface area contributed by atoms with E-state index < -0.39 is 15.9 Å². The standard InChI is InChI=1S/C24H32N2O5S/c1-5-21(18-10-13-22(30-3)23(15-18)31-4)25-24(27)19-7-6-14-26(16-19)32(28,29)20-11-8-17(2)9-12-20/h8-13,15,19,21H,5-7,14,16H2,1-4H3,(H,25,27)/t19-,21+/m1/s1. The predicted molar refractivity (Wildman–Crippen MR) is 123 cm³/mol. The van der Waals surface area contributed by atoms with Crippen LogP contribution in [0.5, 0.6) is 11.5 Å². The molecule has 3 rings (SSSR count). The van der Waals surface area contributed by atoms with Gasteiger partial charge in [-0.1, -0.05) is 30.7 Å². The summed E-state index contributed by atoms with van der Waals surface area (Å²) in [4.78, 5) is 13.3. The molecule has 1 amide bonds. The summed E-state index contributed by atoms with van der Waals surface area (Å²) >= 11 is 0. The van der Waals surface area contributed by atoms with E-state index in [1.165, 1.54) is 4.31 Å². The van der Waals surface area contributed by atoms with Gasteiger partial charge in [0.1, 0.15) is 0 Å². The van der Waals surface area contributed by atoms with Crippen LogP contribution in [0.15, 0.2) is 47.4 Å². The number of methoxy groups -OCH3 is 2. The lowest BCUT2D eigenvalue weighted by atomic mass is 9.97. The second-order valence-corrected chi connectivity index (χ2v) is 10.0. The number of amides is 1. The summed E-state index contributed by atoms with van der Waals surface area (Å²) < 4.78 is 38.2. The minimum Gasteiger partial charge on any atom is -0.493 e. The number of ether oxygens (including phenoxy) is 2. The van der Waals surface area contributed by atoms with Crippen molar-refractivity contribution < 1.29 is 22.7 Å². The zero-order valence-corrected chi connectivity index (χ0v) is 19.9. The topological polar surface area (TPSA) is 84.9 Å². The van der Waals surface area contributed by atoms with Crippen LogP contribution in [0.25, 0.3) is 0 Å². The molecule has 2 atom stereocenters. The van der Waals surface area contributed by atoms with E-state index in [2.05, 4.69) is 5.32 Å². The van der Waals surface area contributed by atoms with Crippen molar-refractivity contribution in [3.05, 3.63) is 53.6 Å². The Bertz CT molecular complexity index is 1040. The Morgan fingerprint density at radius 1 is 1.12 bits per heavy atom. The maximum Gasteiger partial charge on any atom is 0.243 e. The van der Waals surface area contributed by atoms with Crippen LogP contribution in [0, 0.1) is 12.8 Å². The highest BCUT2D eigenvalue weighted by Crippen LogP contribution is 2.31. The average Bonchev–Trinajstić information content (AvgIpc) is 2.82. The Kier molecular flexibility index (Phi) is 7.79. The molecule has 2 aromatic rings. The van der Waals surface area contributed by atoms with Gasteiger partial charge in [0.25, 0.3) is 0 Å². The van der Waals surface area contributed by atoms with Gasteiger partial charge in [0.2, 0.25) is 15.9 Å². The van der Waals surface area contributed by atoms with Crippen molar-refractivity contribution in [2.75, 3.05) is 27.3 Å². The van der Waals surface area contributed by atoms with Gasteiger partial charge in [-0.3, -0.25) is 4.79 Å². The Labute approximate surface area is 190 Å². The highest BCUT2D eigenvalue weighted by Gasteiger charge is 2.34. The molecular weight excluding hydrogens is 428 g/mol. The summed E-state index contributed by atoms with van der Waals surface area (Å²) in [6.07, 6.45) is 2.00. The SMILES string of the molecule is CC[C@H](NC(=O)[C@@H]1CCCN(S(=O)(=O)c2ccc(C)cc2)C1)c1ccc(OC)c(OC)c1. The van der Waals surface area contributed by atoms with Gasteiger partial charge in [-0.05, 0) is 56.0 Å². The zero-order valence-electron chi connectivity index (χ0n) is 19.1. The van der Waals surface area contributed by atoms with Crippen LogP contribution in [0.1, 0.15) is 43.4 Å². The van der Waals surface area contributed by atoms with E-state index >= 15 is 0 Å². The molecule has 1 fully saturated rings. The number of benzene rings is 2. The largest absolute Gasteiger partial charge is 0.493 e. The Balaban J connectivity index is 1.72. The fourth-order valence-electron chi connectivity index (χ4n) is 4.01. The van der Waals surface area contributed by atoms with Gasteiger partial charge in [0.15, 0.2) is 11.5 Å². The lowest BCUT2D eigenvalue weighted by molar-refractivity contribution is -0.126. The third-order valence-electron chi connectivity index (χ3n) is 5.95. The van der Waals surface area contributed by atoms with E-state index in [0.29, 0.717) is 37.3 Å². The van der Waals surface area contributed by atoms with E-state index in [-0.39, 0.29) is 23.4 Å². The minimum absolute atomic E-state index is 0.129. The molecule has 8 heteroatoms. The molecule has 32 heavy (non-hydrogen) atoms. The monoisotopic (exact) mass is 460 g/mol. The first kappa shape index (κ1) is 24.1. The first-order chi connectivity index (χ1) is 15.3. The molecule has 0 spiro atoms. The van der Waals surface area contributed by atoms with Crippen molar-refractivity contribution in [3.8, 4) is 11.5 Å². The number of aryl methyl sites for hydroxylation is 1. The van der Waals surface area contributed by atoms with Gasteiger partial charge in [-0.2, -0.15) is 4.31 Å². The van der Waals surface area contributed by atoms with E-state index in [4.69, 9.17) is 9.47 Å². The molecule has 0 aromatic heterocycles. The van der Waals surface area contributed by atoms with E-state index in [9.17, 15) is 13.2 Å². The number of sulfonamides is 1. The van der Waals surface area contributed by atoms with Crippen LogP contribution in [-0.2, 0) is 14.8 Å². The Morgan fingerprint density at radius 2 is 1.81 bits per heavy atom. The molecular formula is C24H32N2O5S. The van der Waals surface area contributed by atoms with Gasteiger partial charge in [-0.15, -0.1) is 0 Å². The lowest BCUT2D eigenvalue weighted by Crippen LogP contribution is -2.46. The van der Waals surface area contributed by atoms with Crippen molar-refractivity contribution in [2.24, 2.45) is 5.92 Å². The third-order valence-corrected chi connectivity index (χ3v) is 7.83. The molecule has 1 saturated heterocycles. The quantitative estimate of drug-likeness (QED) is 0.650. The molecule has 0 bridgehead atoms. The van der Waals surface area contributed by atoms with Crippen molar-refractivity contribution in [3.63, 3.8) is 0 Å². The van der Waals surface area contributed by atoms with Crippen LogP contribution in [-0.4, -0.2) is 45.9 Å². The summed E-state index contributed by atoms with van der Waals surface area (Å²) in [7, 11) is -0.470. The predicted octanol–water partition coefficient (Wildman–Crippen LogP) is 3.68. The molecule has 1 aliphatic heterocycles. The molecule has 0 aliphatic carbocycles. The number of nitrogens with one attached hydrogen (secondary N) is 1. The Morgan fingerprint density at radius 3 is 2.44 bits per heavy atom. The van der Waals surface area contributed by atoms with Gasteiger partial charge in [0, 0.05) is 13.1 Å². The van der Waals surface area contributed by atoms with Gasteiger partial charge >= 0.3 is 0 Å². The summed E-state index contributed by atoms with van der Waals surface area (Å²) in [5.41, 5.74) is 1.92. The highest BCUT2D eigenvalue weighted by molar-refractivity contribution is 7.89. The van der Waals surface area contributed by atoms with Crippen molar-refractivity contribution >= 4 is 15.9 Å². The fourth-order valence-corrected chi connectivity index (χ4v) is 5.54. The molecule has 174 valence electrons. The van der Waals surface area contributed by atoms with E-state index in [1.54, 1.807) is 38.5 Å².